The summed E-state index contributed by atoms with van der Waals surface area (Å²) < 4.78 is 30.0. The van der Waals surface area contributed by atoms with Gasteiger partial charge < -0.3 is 44.4 Å². The Morgan fingerprint density at radius 1 is 0.847 bits per heavy atom. The molecule has 21 nitrogen and oxygen atoms in total. The van der Waals surface area contributed by atoms with Crippen LogP contribution in [-0.4, -0.2) is 135 Å². The highest BCUT2D eigenvalue weighted by Gasteiger charge is 2.46. The van der Waals surface area contributed by atoms with Crippen molar-refractivity contribution in [3.63, 3.8) is 0 Å². The summed E-state index contributed by atoms with van der Waals surface area (Å²) in [6, 6.07) is 9.74. The molecule has 3 aliphatic rings. The molecule has 21 heteroatoms. The molecule has 72 heavy (non-hydrogen) atoms. The van der Waals surface area contributed by atoms with E-state index in [4.69, 9.17) is 38.5 Å². The Labute approximate surface area is 414 Å². The molecule has 0 saturated heterocycles. The van der Waals surface area contributed by atoms with Crippen LogP contribution in [0.3, 0.4) is 0 Å². The number of aromatic nitrogens is 6. The van der Waals surface area contributed by atoms with E-state index in [2.05, 4.69) is 51.2 Å². The second kappa shape index (κ2) is 22.0. The van der Waals surface area contributed by atoms with E-state index in [-0.39, 0.29) is 54.4 Å². The smallest absolute Gasteiger partial charge is 0.289 e. The largest absolute Gasteiger partial charge is 0.483 e. The zero-order valence-electron chi connectivity index (χ0n) is 40.8. The summed E-state index contributed by atoms with van der Waals surface area (Å²) in [4.78, 5) is 90.4. The highest BCUT2D eigenvalue weighted by molar-refractivity contribution is 6.25. The number of benzene rings is 2. The fraction of sp³-hybridized carbons (Fsp3) is 0.451. The highest BCUT2D eigenvalue weighted by Crippen LogP contribution is 2.42. The summed E-state index contributed by atoms with van der Waals surface area (Å²) >= 11 is 0. The van der Waals surface area contributed by atoms with Crippen LogP contribution in [0.25, 0.3) is 33.1 Å². The zero-order chi connectivity index (χ0) is 50.5. The average Bonchev–Trinajstić information content (AvgIpc) is 3.82. The molecule has 9 rings (SSSR count). The predicted octanol–water partition coefficient (Wildman–Crippen LogP) is 5.57. The second-order valence-corrected chi connectivity index (χ2v) is 18.2. The number of carbonyl (C=O) groups excluding carboxylic acids is 6. The van der Waals surface area contributed by atoms with Gasteiger partial charge in [-0.2, -0.15) is 5.10 Å². The van der Waals surface area contributed by atoms with Crippen molar-refractivity contribution in [3.05, 3.63) is 76.1 Å². The quantitative estimate of drug-likeness (QED) is 0.0328. The zero-order valence-corrected chi connectivity index (χ0v) is 40.8. The number of rotatable bonds is 24. The Balaban J connectivity index is 0.670. The van der Waals surface area contributed by atoms with Crippen LogP contribution >= 0.6 is 0 Å². The number of Topliss-reactive ketones (excluding diaryl/α,β-unsaturated/α-hetero) is 2. The van der Waals surface area contributed by atoms with Gasteiger partial charge in [-0.25, -0.2) is 14.6 Å². The lowest BCUT2D eigenvalue weighted by Crippen LogP contribution is -2.47. The molecule has 2 fully saturated rings. The van der Waals surface area contributed by atoms with Crippen LogP contribution in [0.5, 0.6) is 5.75 Å². The van der Waals surface area contributed by atoms with Gasteiger partial charge in [-0.15, -0.1) is 0 Å². The first-order valence-corrected chi connectivity index (χ1v) is 24.5. The molecule has 5 heterocycles. The number of hydrogen-bond donors (Lipinski definition) is 4. The Hall–Kier alpha value is -7.36. The van der Waals surface area contributed by atoms with E-state index in [9.17, 15) is 28.8 Å². The van der Waals surface area contributed by atoms with Crippen LogP contribution in [-0.2, 0) is 35.1 Å². The van der Waals surface area contributed by atoms with Crippen LogP contribution in [0.1, 0.15) is 112 Å². The van der Waals surface area contributed by atoms with Crippen LogP contribution in [0.15, 0.2) is 40.9 Å². The number of carbonyl (C=O) groups is 6. The number of amides is 4. The molecule has 0 radical (unpaired) electrons. The number of ketones is 2. The molecule has 2 aliphatic carbocycles. The minimum absolute atomic E-state index is 0.00125. The maximum absolute atomic E-state index is 13.6. The van der Waals surface area contributed by atoms with E-state index >= 15 is 0 Å². The summed E-state index contributed by atoms with van der Waals surface area (Å²) in [7, 11) is 0. The molecule has 2 saturated carbocycles. The molecular weight excluding hydrogens is 929 g/mol. The number of anilines is 2. The molecule has 1 atom stereocenters. The number of aromatic amines is 1. The maximum atomic E-state index is 13.6. The van der Waals surface area contributed by atoms with Gasteiger partial charge in [0.05, 0.1) is 66.8 Å². The van der Waals surface area contributed by atoms with E-state index < -0.39 is 35.5 Å². The molecule has 0 bridgehead atoms. The Morgan fingerprint density at radius 2 is 1.58 bits per heavy atom. The normalized spacial score (nSPS) is 15.8. The lowest BCUT2D eigenvalue weighted by atomic mass is 9.92. The molecule has 1 aliphatic heterocycles. The first-order valence-electron chi connectivity index (χ1n) is 24.5. The molecular formula is C51H58N10O11. The standard InChI is InChI=1S/C51H58N10O11/c1-5-60-41(26-36(58-60)31-11-12-31)55-47-45-35-23-28(2)34(43-29(3)59-72-30(43)4)25-37(35)54-46(45)56-48(57-47)49(65)53-16-8-18-69-20-22-70-21-19-68-17-7-15-52-42(64)27-71-40-10-6-9-33-44(40)51(67)61(50(33)66)38-14-13-32(62)24-39(38)63/h6,9-10,23,25-26,31,38H,5,7-8,11-22,24,27H2,1-4H3,(H,52,64)(H,53,65)(H2,54,55,56,57). The van der Waals surface area contributed by atoms with Gasteiger partial charge in [-0.05, 0) is 95.2 Å². The number of imide groups is 1. The van der Waals surface area contributed by atoms with Gasteiger partial charge >= 0.3 is 0 Å². The summed E-state index contributed by atoms with van der Waals surface area (Å²) in [5, 5.41) is 19.8. The molecule has 1 unspecified atom stereocenters. The Bertz CT molecular complexity index is 3040. The third kappa shape index (κ3) is 10.8. The number of H-pyrrole nitrogens is 1. The molecule has 6 aromatic rings. The van der Waals surface area contributed by atoms with E-state index in [0.717, 1.165) is 73.7 Å². The van der Waals surface area contributed by atoms with Crippen molar-refractivity contribution in [2.75, 3.05) is 64.7 Å². The van der Waals surface area contributed by atoms with Crippen molar-refractivity contribution >= 4 is 68.8 Å². The summed E-state index contributed by atoms with van der Waals surface area (Å²) in [5.41, 5.74) is 6.27. The molecule has 0 spiro atoms. The Kier molecular flexibility index (Phi) is 15.1. The fourth-order valence-electron chi connectivity index (χ4n) is 9.16. The maximum Gasteiger partial charge on any atom is 0.289 e. The Morgan fingerprint density at radius 3 is 2.28 bits per heavy atom. The van der Waals surface area contributed by atoms with Gasteiger partial charge in [0.2, 0.25) is 5.82 Å². The van der Waals surface area contributed by atoms with Gasteiger partial charge in [0.1, 0.15) is 34.6 Å². The SMILES string of the molecule is CCn1nc(C2CC2)cc1Nc1nc(C(=O)NCCCOCCOCCOCCCNC(=O)COc2cccc3c2C(=O)N(C2CCC(=O)CC2=O)C3=O)nc2[nH]c3cc(-c4c(C)noc4C)c(C)cc3c12. The van der Waals surface area contributed by atoms with Gasteiger partial charge in [-0.1, -0.05) is 11.2 Å². The number of hydrogen-bond acceptors (Lipinski definition) is 16. The molecule has 4 amide bonds. The van der Waals surface area contributed by atoms with Crippen LogP contribution in [0, 0.1) is 20.8 Å². The lowest BCUT2D eigenvalue weighted by Gasteiger charge is -2.27. The number of nitrogens with one attached hydrogen (secondary N) is 4. The van der Waals surface area contributed by atoms with Gasteiger partial charge in [0, 0.05) is 67.7 Å². The topological polar surface area (TPSA) is 264 Å². The number of aryl methyl sites for hydroxylation is 4. The molecule has 4 aromatic heterocycles. The molecule has 4 N–H and O–H groups in total. The van der Waals surface area contributed by atoms with Crippen molar-refractivity contribution in [3.8, 4) is 16.9 Å². The van der Waals surface area contributed by atoms with E-state index in [0.29, 0.717) is 89.5 Å². The van der Waals surface area contributed by atoms with Crippen molar-refractivity contribution in [1.82, 2.24) is 45.4 Å². The molecule has 378 valence electrons. The van der Waals surface area contributed by atoms with E-state index in [1.165, 1.54) is 18.2 Å². The third-order valence-electron chi connectivity index (χ3n) is 12.9. The fourth-order valence-corrected chi connectivity index (χ4v) is 9.16. The number of ether oxygens (including phenoxy) is 4. The third-order valence-corrected chi connectivity index (χ3v) is 12.9. The first-order chi connectivity index (χ1) is 34.9. The minimum atomic E-state index is -0.998. The van der Waals surface area contributed by atoms with Crippen LogP contribution in [0.2, 0.25) is 0 Å². The summed E-state index contributed by atoms with van der Waals surface area (Å²) in [6.07, 6.45) is 3.24. The first kappa shape index (κ1) is 49.6. The number of nitrogens with zero attached hydrogens (tertiary/aromatic N) is 6. The van der Waals surface area contributed by atoms with Gasteiger partial charge in [-0.3, -0.25) is 33.7 Å². The van der Waals surface area contributed by atoms with Crippen molar-refractivity contribution in [2.45, 2.75) is 91.1 Å². The number of fused-ring (bicyclic) bond motifs is 4. The summed E-state index contributed by atoms with van der Waals surface area (Å²) in [5.74, 6) is -0.242. The van der Waals surface area contributed by atoms with Crippen LogP contribution in [0.4, 0.5) is 11.6 Å². The van der Waals surface area contributed by atoms with E-state index in [1.807, 2.05) is 25.5 Å². The predicted molar refractivity (Wildman–Crippen MR) is 261 cm³/mol. The van der Waals surface area contributed by atoms with Crippen molar-refractivity contribution in [1.29, 1.82) is 0 Å². The van der Waals surface area contributed by atoms with Crippen molar-refractivity contribution < 1.29 is 52.2 Å². The van der Waals surface area contributed by atoms with E-state index in [1.54, 1.807) is 0 Å². The highest BCUT2D eigenvalue weighted by atomic mass is 16.5. The van der Waals surface area contributed by atoms with Gasteiger partial charge in [0.15, 0.2) is 12.4 Å². The summed E-state index contributed by atoms with van der Waals surface area (Å²) in [6.45, 7) is 11.1. The van der Waals surface area contributed by atoms with Gasteiger partial charge in [0.25, 0.3) is 23.6 Å². The minimum Gasteiger partial charge on any atom is -0.483 e. The molecule has 2 aromatic carbocycles. The second-order valence-electron chi connectivity index (χ2n) is 18.2. The lowest BCUT2D eigenvalue weighted by molar-refractivity contribution is -0.132. The van der Waals surface area contributed by atoms with Crippen molar-refractivity contribution in [2.24, 2.45) is 0 Å². The average molecular weight is 987 g/mol. The monoisotopic (exact) mass is 986 g/mol. The van der Waals surface area contributed by atoms with Crippen LogP contribution < -0.4 is 20.7 Å².